The number of hydrogen-bond acceptors (Lipinski definition) is 6. The van der Waals surface area contributed by atoms with Gasteiger partial charge in [-0.25, -0.2) is 9.29 Å². The number of amides is 2. The molecule has 0 bridgehead atoms. The summed E-state index contributed by atoms with van der Waals surface area (Å²) in [5, 5.41) is 0. The van der Waals surface area contributed by atoms with Gasteiger partial charge in [-0.3, -0.25) is 9.59 Å². The third-order valence-corrected chi connectivity index (χ3v) is 6.41. The smallest absolute Gasteiger partial charge is 0.282 e. The highest BCUT2D eigenvalue weighted by atomic mass is 19.1. The van der Waals surface area contributed by atoms with Crippen molar-refractivity contribution < 1.29 is 23.5 Å². The first-order valence-electron chi connectivity index (χ1n) is 10.9. The van der Waals surface area contributed by atoms with Crippen molar-refractivity contribution in [3.05, 3.63) is 59.5 Å². The zero-order valence-corrected chi connectivity index (χ0v) is 19.3. The number of likely N-dealkylation sites (N-methyl/N-ethyl adjacent to an activating group) is 1. The van der Waals surface area contributed by atoms with Gasteiger partial charge in [0.2, 0.25) is 0 Å². The number of methoxy groups -OCH3 is 2. The van der Waals surface area contributed by atoms with Gasteiger partial charge in [-0.05, 0) is 62.8 Å². The third kappa shape index (κ3) is 4.18. The van der Waals surface area contributed by atoms with Crippen molar-refractivity contribution in [1.82, 2.24) is 9.80 Å². The second kappa shape index (κ2) is 9.23. The first kappa shape index (κ1) is 22.8. The molecular formula is C25H28FN3O4. The lowest BCUT2D eigenvalue weighted by molar-refractivity contribution is -0.120. The number of carbonyl (C=O) groups excluding carboxylic acids is 2. The molecule has 1 fully saturated rings. The number of ether oxygens (including phenoxy) is 2. The van der Waals surface area contributed by atoms with Gasteiger partial charge in [0.05, 0.1) is 25.5 Å². The van der Waals surface area contributed by atoms with Gasteiger partial charge in [0.25, 0.3) is 11.8 Å². The molecule has 2 aromatic rings. The van der Waals surface area contributed by atoms with Crippen molar-refractivity contribution in [3.8, 4) is 11.5 Å². The Balaban J connectivity index is 1.78. The van der Waals surface area contributed by atoms with Gasteiger partial charge >= 0.3 is 0 Å². The molecule has 8 heteroatoms. The Bertz CT molecular complexity index is 1090. The molecule has 0 unspecified atom stereocenters. The summed E-state index contributed by atoms with van der Waals surface area (Å²) in [4.78, 5) is 32.7. The average Bonchev–Trinajstić information content (AvgIpc) is 3.09. The number of anilines is 1. The zero-order chi connectivity index (χ0) is 23.7. The molecule has 2 amide bonds. The van der Waals surface area contributed by atoms with Crippen LogP contribution in [0.5, 0.6) is 11.5 Å². The molecule has 0 radical (unpaired) electrons. The summed E-state index contributed by atoms with van der Waals surface area (Å²) in [6, 6.07) is 10.7. The van der Waals surface area contributed by atoms with Gasteiger partial charge in [0, 0.05) is 19.2 Å². The Kier molecular flexibility index (Phi) is 6.37. The molecule has 174 valence electrons. The van der Waals surface area contributed by atoms with Crippen LogP contribution in [0.1, 0.15) is 18.4 Å². The largest absolute Gasteiger partial charge is 0.493 e. The van der Waals surface area contributed by atoms with E-state index in [4.69, 9.17) is 9.47 Å². The predicted octanol–water partition coefficient (Wildman–Crippen LogP) is 3.15. The monoisotopic (exact) mass is 453 g/mol. The van der Waals surface area contributed by atoms with Crippen LogP contribution in [-0.2, 0) is 9.59 Å². The highest BCUT2D eigenvalue weighted by molar-refractivity contribution is 6.45. The predicted molar refractivity (Wildman–Crippen MR) is 124 cm³/mol. The quantitative estimate of drug-likeness (QED) is 0.627. The fourth-order valence-electron chi connectivity index (χ4n) is 4.49. The number of imide groups is 1. The van der Waals surface area contributed by atoms with E-state index in [1.807, 2.05) is 11.9 Å². The number of rotatable bonds is 6. The Labute approximate surface area is 193 Å². The van der Waals surface area contributed by atoms with Crippen LogP contribution < -0.4 is 14.4 Å². The molecule has 7 nitrogen and oxygen atoms in total. The normalized spacial score (nSPS) is 17.7. The maximum atomic E-state index is 13.7. The van der Waals surface area contributed by atoms with Gasteiger partial charge in [-0.2, -0.15) is 0 Å². The molecule has 0 spiro atoms. The lowest BCUT2D eigenvalue weighted by Crippen LogP contribution is -2.43. The SMILES string of the molecule is COc1ccc(N2C(=O)C(c3ccc(F)cc3)=C(N(C)C3CCN(C)CC3)C2=O)cc1OC. The number of piperidine rings is 1. The number of hydrogen-bond donors (Lipinski definition) is 0. The molecule has 0 aromatic heterocycles. The Morgan fingerprint density at radius 1 is 0.939 bits per heavy atom. The number of benzene rings is 2. The van der Waals surface area contributed by atoms with E-state index < -0.39 is 17.6 Å². The Morgan fingerprint density at radius 3 is 2.18 bits per heavy atom. The van der Waals surface area contributed by atoms with Crippen molar-refractivity contribution in [2.45, 2.75) is 18.9 Å². The highest BCUT2D eigenvalue weighted by Crippen LogP contribution is 2.39. The van der Waals surface area contributed by atoms with Gasteiger partial charge in [0.1, 0.15) is 11.5 Å². The molecule has 2 aromatic carbocycles. The van der Waals surface area contributed by atoms with Gasteiger partial charge < -0.3 is 19.3 Å². The van der Waals surface area contributed by atoms with Gasteiger partial charge in [-0.15, -0.1) is 0 Å². The second-order valence-corrected chi connectivity index (χ2v) is 8.36. The topological polar surface area (TPSA) is 62.3 Å². The van der Waals surface area contributed by atoms with E-state index >= 15 is 0 Å². The molecule has 33 heavy (non-hydrogen) atoms. The third-order valence-electron chi connectivity index (χ3n) is 6.41. The van der Waals surface area contributed by atoms with E-state index in [1.54, 1.807) is 18.2 Å². The summed E-state index contributed by atoms with van der Waals surface area (Å²) in [7, 11) is 6.95. The number of halogens is 1. The fourth-order valence-corrected chi connectivity index (χ4v) is 4.49. The van der Waals surface area contributed by atoms with E-state index in [2.05, 4.69) is 11.9 Å². The van der Waals surface area contributed by atoms with E-state index in [0.717, 1.165) is 30.8 Å². The summed E-state index contributed by atoms with van der Waals surface area (Å²) in [6.45, 7) is 1.82. The summed E-state index contributed by atoms with van der Waals surface area (Å²) >= 11 is 0. The summed E-state index contributed by atoms with van der Waals surface area (Å²) in [5.41, 5.74) is 1.49. The molecule has 4 rings (SSSR count). The minimum atomic E-state index is -0.450. The van der Waals surface area contributed by atoms with Gasteiger partial charge in [-0.1, -0.05) is 12.1 Å². The van der Waals surface area contributed by atoms with E-state index in [0.29, 0.717) is 28.4 Å². The standard InChI is InChI=1S/C25H28FN3O4/c1-27-13-11-18(12-14-27)28(2)23-22(16-5-7-17(26)8-6-16)24(30)29(25(23)31)19-9-10-20(32-3)21(15-19)33-4/h5-10,15,18H,11-14H2,1-4H3. The van der Waals surface area contributed by atoms with Crippen LogP contribution in [0.4, 0.5) is 10.1 Å². The molecule has 0 aliphatic carbocycles. The Hall–Kier alpha value is -3.39. The van der Waals surface area contributed by atoms with Crippen molar-refractivity contribution >= 4 is 23.1 Å². The summed E-state index contributed by atoms with van der Waals surface area (Å²) < 4.78 is 24.3. The number of nitrogens with zero attached hydrogens (tertiary/aromatic N) is 3. The molecule has 0 saturated carbocycles. The molecular weight excluding hydrogens is 425 g/mol. The minimum absolute atomic E-state index is 0.119. The van der Waals surface area contributed by atoms with E-state index in [9.17, 15) is 14.0 Å². The number of carbonyl (C=O) groups is 2. The van der Waals surface area contributed by atoms with Crippen molar-refractivity contribution in [3.63, 3.8) is 0 Å². The first-order valence-corrected chi connectivity index (χ1v) is 10.9. The molecule has 1 saturated heterocycles. The highest BCUT2D eigenvalue weighted by Gasteiger charge is 2.43. The van der Waals surface area contributed by atoms with Crippen LogP contribution in [0, 0.1) is 5.82 Å². The molecule has 2 aliphatic rings. The van der Waals surface area contributed by atoms with Crippen LogP contribution in [-0.4, -0.2) is 69.1 Å². The molecule has 0 N–H and O–H groups in total. The van der Waals surface area contributed by atoms with Crippen molar-refractivity contribution in [2.24, 2.45) is 0 Å². The number of likely N-dealkylation sites (tertiary alicyclic amines) is 1. The molecule has 2 heterocycles. The van der Waals surface area contributed by atoms with Crippen LogP contribution in [0.15, 0.2) is 48.2 Å². The second-order valence-electron chi connectivity index (χ2n) is 8.36. The Morgan fingerprint density at radius 2 is 1.58 bits per heavy atom. The van der Waals surface area contributed by atoms with E-state index in [-0.39, 0.29) is 11.6 Å². The zero-order valence-electron chi connectivity index (χ0n) is 19.3. The average molecular weight is 454 g/mol. The lowest BCUT2D eigenvalue weighted by Gasteiger charge is -2.36. The maximum absolute atomic E-state index is 13.7. The maximum Gasteiger partial charge on any atom is 0.282 e. The van der Waals surface area contributed by atoms with Crippen molar-refractivity contribution in [1.29, 1.82) is 0 Å². The van der Waals surface area contributed by atoms with Crippen LogP contribution >= 0.6 is 0 Å². The lowest BCUT2D eigenvalue weighted by atomic mass is 10.00. The molecule has 2 aliphatic heterocycles. The van der Waals surface area contributed by atoms with Gasteiger partial charge in [0.15, 0.2) is 11.5 Å². The summed E-state index contributed by atoms with van der Waals surface area (Å²) in [5.74, 6) is -0.355. The van der Waals surface area contributed by atoms with Crippen LogP contribution in [0.2, 0.25) is 0 Å². The minimum Gasteiger partial charge on any atom is -0.493 e. The first-order chi connectivity index (χ1) is 15.8. The molecule has 0 atom stereocenters. The fraction of sp³-hybridized carbons (Fsp3) is 0.360. The van der Waals surface area contributed by atoms with Crippen LogP contribution in [0.25, 0.3) is 5.57 Å². The summed E-state index contributed by atoms with van der Waals surface area (Å²) in [6.07, 6.45) is 1.76. The van der Waals surface area contributed by atoms with E-state index in [1.165, 1.54) is 38.5 Å². The van der Waals surface area contributed by atoms with Crippen LogP contribution in [0.3, 0.4) is 0 Å². The van der Waals surface area contributed by atoms with Crippen molar-refractivity contribution in [2.75, 3.05) is 46.3 Å².